The molecule has 4 heteroatoms. The van der Waals surface area contributed by atoms with Gasteiger partial charge in [-0.2, -0.15) is 5.26 Å². The lowest BCUT2D eigenvalue weighted by Gasteiger charge is -2.40. The van der Waals surface area contributed by atoms with Gasteiger partial charge in [0, 0.05) is 23.1 Å². The molecule has 0 saturated carbocycles. The molecule has 0 bridgehead atoms. The summed E-state index contributed by atoms with van der Waals surface area (Å²) in [6.07, 6.45) is 3.49. The van der Waals surface area contributed by atoms with Crippen LogP contribution in [0.3, 0.4) is 0 Å². The van der Waals surface area contributed by atoms with Gasteiger partial charge in [-0.25, -0.2) is 0 Å². The van der Waals surface area contributed by atoms with Gasteiger partial charge in [-0.15, -0.1) is 0 Å². The van der Waals surface area contributed by atoms with E-state index in [1.807, 2.05) is 25.1 Å². The van der Waals surface area contributed by atoms with E-state index in [-0.39, 0.29) is 6.04 Å². The highest BCUT2D eigenvalue weighted by atomic mass is 79.9. The molecule has 1 fully saturated rings. The molecule has 96 valence electrons. The summed E-state index contributed by atoms with van der Waals surface area (Å²) in [6.45, 7) is 3.03. The van der Waals surface area contributed by atoms with Crippen LogP contribution in [-0.4, -0.2) is 18.6 Å². The van der Waals surface area contributed by atoms with Crippen molar-refractivity contribution in [3.63, 3.8) is 0 Å². The van der Waals surface area contributed by atoms with Crippen LogP contribution in [0.5, 0.6) is 0 Å². The maximum Gasteiger partial charge on any atom is 0.103 e. The van der Waals surface area contributed by atoms with Gasteiger partial charge >= 0.3 is 0 Å². The first-order chi connectivity index (χ1) is 8.65. The lowest BCUT2D eigenvalue weighted by Crippen LogP contribution is -2.49. The standard InChI is InChI=1S/C14H18BrN3/c1-10(17)13-6-2-3-8-18(13)14-7-4-5-12(15)11(14)9-16/h4-5,7,10,13H,2-3,6,8,17H2,1H3. The molecule has 0 aliphatic carbocycles. The van der Waals surface area contributed by atoms with Crippen molar-refractivity contribution in [2.75, 3.05) is 11.4 Å². The molecule has 2 atom stereocenters. The lowest BCUT2D eigenvalue weighted by molar-refractivity contribution is 0.413. The van der Waals surface area contributed by atoms with Crippen molar-refractivity contribution in [2.45, 2.75) is 38.3 Å². The summed E-state index contributed by atoms with van der Waals surface area (Å²) >= 11 is 3.45. The normalized spacial score (nSPS) is 21.4. The zero-order chi connectivity index (χ0) is 13.1. The van der Waals surface area contributed by atoms with E-state index in [0.717, 1.165) is 23.1 Å². The third-order valence-corrected chi connectivity index (χ3v) is 4.23. The first-order valence-electron chi connectivity index (χ1n) is 6.36. The van der Waals surface area contributed by atoms with E-state index < -0.39 is 0 Å². The highest BCUT2D eigenvalue weighted by Crippen LogP contribution is 2.32. The summed E-state index contributed by atoms with van der Waals surface area (Å²) in [6, 6.07) is 8.65. The Morgan fingerprint density at radius 2 is 2.28 bits per heavy atom. The molecule has 0 amide bonds. The fourth-order valence-electron chi connectivity index (χ4n) is 2.67. The molecule has 0 aromatic heterocycles. The SMILES string of the molecule is CC(N)C1CCCCN1c1cccc(Br)c1C#N. The number of nitriles is 1. The zero-order valence-electron chi connectivity index (χ0n) is 10.6. The summed E-state index contributed by atoms with van der Waals surface area (Å²) in [4.78, 5) is 2.30. The molecular formula is C14H18BrN3. The van der Waals surface area contributed by atoms with Gasteiger partial charge in [0.2, 0.25) is 0 Å². The Morgan fingerprint density at radius 1 is 1.50 bits per heavy atom. The van der Waals surface area contributed by atoms with Crippen LogP contribution >= 0.6 is 15.9 Å². The molecule has 0 radical (unpaired) electrons. The maximum absolute atomic E-state index is 9.32. The topological polar surface area (TPSA) is 53.0 Å². The van der Waals surface area contributed by atoms with Crippen LogP contribution in [0, 0.1) is 11.3 Å². The average molecular weight is 308 g/mol. The van der Waals surface area contributed by atoms with Crippen molar-refractivity contribution in [3.8, 4) is 6.07 Å². The second-order valence-corrected chi connectivity index (χ2v) is 5.72. The molecule has 2 rings (SSSR count). The maximum atomic E-state index is 9.32. The van der Waals surface area contributed by atoms with Crippen LogP contribution in [0.15, 0.2) is 22.7 Å². The van der Waals surface area contributed by atoms with Crippen LogP contribution in [0.1, 0.15) is 31.7 Å². The molecule has 18 heavy (non-hydrogen) atoms. The number of anilines is 1. The van der Waals surface area contributed by atoms with Crippen LogP contribution in [0.2, 0.25) is 0 Å². The van der Waals surface area contributed by atoms with E-state index in [2.05, 4.69) is 26.9 Å². The van der Waals surface area contributed by atoms with Crippen LogP contribution in [-0.2, 0) is 0 Å². The average Bonchev–Trinajstić information content (AvgIpc) is 2.38. The smallest absolute Gasteiger partial charge is 0.103 e. The Balaban J connectivity index is 2.40. The quantitative estimate of drug-likeness (QED) is 0.913. The fraction of sp³-hybridized carbons (Fsp3) is 0.500. The van der Waals surface area contributed by atoms with Crippen molar-refractivity contribution < 1.29 is 0 Å². The lowest BCUT2D eigenvalue weighted by atomic mass is 9.95. The molecule has 1 aromatic rings. The minimum absolute atomic E-state index is 0.121. The Kier molecular flexibility index (Phi) is 4.26. The van der Waals surface area contributed by atoms with Crippen LogP contribution < -0.4 is 10.6 Å². The number of nitrogens with two attached hydrogens (primary N) is 1. The number of hydrogen-bond donors (Lipinski definition) is 1. The minimum atomic E-state index is 0.121. The van der Waals surface area contributed by atoms with E-state index in [0.29, 0.717) is 11.6 Å². The Morgan fingerprint density at radius 3 is 2.94 bits per heavy atom. The molecule has 1 saturated heterocycles. The molecule has 2 unspecified atom stereocenters. The second-order valence-electron chi connectivity index (χ2n) is 4.86. The molecule has 0 spiro atoms. The van der Waals surface area contributed by atoms with Gasteiger partial charge < -0.3 is 10.6 Å². The van der Waals surface area contributed by atoms with Crippen LogP contribution in [0.25, 0.3) is 0 Å². The highest BCUT2D eigenvalue weighted by Gasteiger charge is 2.27. The van der Waals surface area contributed by atoms with E-state index in [1.165, 1.54) is 12.8 Å². The van der Waals surface area contributed by atoms with Crippen molar-refractivity contribution in [1.82, 2.24) is 0 Å². The van der Waals surface area contributed by atoms with Gasteiger partial charge in [-0.3, -0.25) is 0 Å². The highest BCUT2D eigenvalue weighted by molar-refractivity contribution is 9.10. The van der Waals surface area contributed by atoms with Crippen molar-refractivity contribution in [1.29, 1.82) is 5.26 Å². The first kappa shape index (κ1) is 13.4. The Bertz CT molecular complexity index is 465. The third-order valence-electron chi connectivity index (χ3n) is 3.57. The van der Waals surface area contributed by atoms with E-state index >= 15 is 0 Å². The summed E-state index contributed by atoms with van der Waals surface area (Å²) < 4.78 is 0.858. The Labute approximate surface area is 117 Å². The Hall–Kier alpha value is -1.05. The van der Waals surface area contributed by atoms with E-state index in [4.69, 9.17) is 5.73 Å². The van der Waals surface area contributed by atoms with Gasteiger partial charge in [0.1, 0.15) is 6.07 Å². The van der Waals surface area contributed by atoms with E-state index in [1.54, 1.807) is 0 Å². The number of piperidine rings is 1. The molecule has 1 aliphatic heterocycles. The molecule has 2 N–H and O–H groups in total. The number of hydrogen-bond acceptors (Lipinski definition) is 3. The van der Waals surface area contributed by atoms with E-state index in [9.17, 15) is 5.26 Å². The predicted molar refractivity (Wildman–Crippen MR) is 77.5 cm³/mol. The number of benzene rings is 1. The number of halogens is 1. The molecule has 1 aromatic carbocycles. The van der Waals surface area contributed by atoms with Gasteiger partial charge in [-0.05, 0) is 54.2 Å². The van der Waals surface area contributed by atoms with Gasteiger partial charge in [-0.1, -0.05) is 6.07 Å². The second kappa shape index (κ2) is 5.73. The summed E-state index contributed by atoms with van der Waals surface area (Å²) in [5.74, 6) is 0. The largest absolute Gasteiger partial charge is 0.366 e. The monoisotopic (exact) mass is 307 g/mol. The third kappa shape index (κ3) is 2.52. The summed E-state index contributed by atoms with van der Waals surface area (Å²) in [7, 11) is 0. The molecule has 1 heterocycles. The summed E-state index contributed by atoms with van der Waals surface area (Å²) in [5, 5.41) is 9.32. The van der Waals surface area contributed by atoms with Gasteiger partial charge in [0.25, 0.3) is 0 Å². The fourth-order valence-corrected chi connectivity index (χ4v) is 3.11. The number of rotatable bonds is 2. The first-order valence-corrected chi connectivity index (χ1v) is 7.15. The van der Waals surface area contributed by atoms with Crippen molar-refractivity contribution in [2.24, 2.45) is 5.73 Å². The van der Waals surface area contributed by atoms with Crippen molar-refractivity contribution >= 4 is 21.6 Å². The predicted octanol–water partition coefficient (Wildman–Crippen LogP) is 3.03. The molecule has 1 aliphatic rings. The minimum Gasteiger partial charge on any atom is -0.366 e. The number of nitrogens with zero attached hydrogens (tertiary/aromatic N) is 2. The van der Waals surface area contributed by atoms with Gasteiger partial charge in [0.05, 0.1) is 11.3 Å². The molecular weight excluding hydrogens is 290 g/mol. The van der Waals surface area contributed by atoms with Crippen LogP contribution in [0.4, 0.5) is 5.69 Å². The van der Waals surface area contributed by atoms with Gasteiger partial charge in [0.15, 0.2) is 0 Å². The summed E-state index contributed by atoms with van der Waals surface area (Å²) in [5.41, 5.74) is 7.81. The molecule has 3 nitrogen and oxygen atoms in total. The van der Waals surface area contributed by atoms with Crippen molar-refractivity contribution in [3.05, 3.63) is 28.2 Å². The zero-order valence-corrected chi connectivity index (χ0v) is 12.2.